The van der Waals surface area contributed by atoms with E-state index in [1.54, 1.807) is 0 Å². The summed E-state index contributed by atoms with van der Waals surface area (Å²) in [6.45, 7) is 0. The molecule has 3 heteroatoms. The molecular weight excluding hydrogens is 613 g/mol. The Morgan fingerprint density at radius 2 is 1.06 bits per heavy atom. The number of thiophene rings is 1. The molecule has 49 heavy (non-hydrogen) atoms. The van der Waals surface area contributed by atoms with Gasteiger partial charge in [0.1, 0.15) is 0 Å². The highest BCUT2D eigenvalue weighted by molar-refractivity contribution is 7.26. The van der Waals surface area contributed by atoms with Crippen molar-refractivity contribution in [2.75, 3.05) is 4.90 Å². The van der Waals surface area contributed by atoms with E-state index < -0.39 is 0 Å². The van der Waals surface area contributed by atoms with Crippen LogP contribution in [0.5, 0.6) is 0 Å². The lowest BCUT2D eigenvalue weighted by Crippen LogP contribution is -2.10. The number of nitrogens with zero attached hydrogens (tertiary/aromatic N) is 2. The van der Waals surface area contributed by atoms with E-state index in [4.69, 9.17) is 0 Å². The minimum Gasteiger partial charge on any atom is -0.310 e. The fraction of sp³-hybridized carbons (Fsp3) is 0. The largest absolute Gasteiger partial charge is 0.310 e. The van der Waals surface area contributed by atoms with Gasteiger partial charge >= 0.3 is 0 Å². The maximum Gasteiger partial charge on any atom is 0.0561 e. The molecule has 0 radical (unpaired) electrons. The summed E-state index contributed by atoms with van der Waals surface area (Å²) >= 11 is 1.88. The highest BCUT2D eigenvalue weighted by Gasteiger charge is 2.18. The van der Waals surface area contributed by atoms with E-state index in [0.29, 0.717) is 0 Å². The quantitative estimate of drug-likeness (QED) is 0.181. The molecule has 230 valence electrons. The second kappa shape index (κ2) is 11.2. The lowest BCUT2D eigenvalue weighted by Gasteiger charge is -2.26. The van der Waals surface area contributed by atoms with Gasteiger partial charge in [-0.15, -0.1) is 11.3 Å². The van der Waals surface area contributed by atoms with E-state index in [-0.39, 0.29) is 0 Å². The fourth-order valence-corrected chi connectivity index (χ4v) is 8.68. The molecule has 0 atom stereocenters. The highest BCUT2D eigenvalue weighted by Crippen LogP contribution is 2.43. The van der Waals surface area contributed by atoms with Crippen molar-refractivity contribution < 1.29 is 0 Å². The molecule has 2 aromatic heterocycles. The Bertz CT molecular complexity index is 2810. The van der Waals surface area contributed by atoms with E-state index in [1.165, 1.54) is 63.9 Å². The van der Waals surface area contributed by atoms with E-state index in [1.807, 2.05) is 11.3 Å². The van der Waals surface area contributed by atoms with E-state index in [0.717, 1.165) is 22.7 Å². The van der Waals surface area contributed by atoms with Crippen LogP contribution >= 0.6 is 11.3 Å². The van der Waals surface area contributed by atoms with Crippen LogP contribution in [-0.2, 0) is 0 Å². The number of hydrogen-bond acceptors (Lipinski definition) is 2. The molecule has 0 aliphatic heterocycles. The molecule has 0 fully saturated rings. The van der Waals surface area contributed by atoms with Gasteiger partial charge in [-0.3, -0.25) is 0 Å². The second-order valence-electron chi connectivity index (χ2n) is 12.6. The van der Waals surface area contributed by atoms with E-state index >= 15 is 0 Å². The maximum absolute atomic E-state index is 2.38. The maximum atomic E-state index is 2.38. The molecule has 0 saturated carbocycles. The van der Waals surface area contributed by atoms with Crippen LogP contribution in [0.3, 0.4) is 0 Å². The van der Waals surface area contributed by atoms with Gasteiger partial charge in [-0.2, -0.15) is 0 Å². The first-order valence-electron chi connectivity index (χ1n) is 16.7. The Balaban J connectivity index is 1.13. The van der Waals surface area contributed by atoms with E-state index in [9.17, 15) is 0 Å². The summed E-state index contributed by atoms with van der Waals surface area (Å²) in [6.07, 6.45) is 0. The van der Waals surface area contributed by atoms with Crippen molar-refractivity contribution in [2.24, 2.45) is 0 Å². The first kappa shape index (κ1) is 27.9. The highest BCUT2D eigenvalue weighted by atomic mass is 32.1. The Kier molecular flexibility index (Phi) is 6.39. The van der Waals surface area contributed by atoms with Crippen molar-refractivity contribution in [2.45, 2.75) is 0 Å². The van der Waals surface area contributed by atoms with Crippen molar-refractivity contribution in [3.63, 3.8) is 0 Å². The normalized spacial score (nSPS) is 11.7. The Morgan fingerprint density at radius 1 is 0.408 bits per heavy atom. The Morgan fingerprint density at radius 3 is 1.88 bits per heavy atom. The van der Waals surface area contributed by atoms with Crippen LogP contribution in [0.25, 0.3) is 69.6 Å². The Hall–Kier alpha value is -6.16. The molecule has 10 aromatic rings. The molecule has 0 amide bonds. The molecule has 2 heterocycles. The van der Waals surface area contributed by atoms with Crippen LogP contribution in [0.15, 0.2) is 182 Å². The van der Waals surface area contributed by atoms with Crippen molar-refractivity contribution >= 4 is 81.1 Å². The number of para-hydroxylation sites is 3. The minimum atomic E-state index is 1.12. The van der Waals surface area contributed by atoms with Crippen LogP contribution in [0.4, 0.5) is 17.1 Å². The zero-order valence-corrected chi connectivity index (χ0v) is 27.4. The smallest absolute Gasteiger partial charge is 0.0561 e. The molecular formula is C46H30N2S. The molecule has 2 nitrogen and oxygen atoms in total. The van der Waals surface area contributed by atoms with Gasteiger partial charge in [0.15, 0.2) is 0 Å². The zero-order valence-electron chi connectivity index (χ0n) is 26.6. The van der Waals surface area contributed by atoms with Crippen LogP contribution < -0.4 is 4.90 Å². The summed E-state index contributed by atoms with van der Waals surface area (Å²) < 4.78 is 5.03. The zero-order chi connectivity index (χ0) is 32.3. The monoisotopic (exact) mass is 642 g/mol. The van der Waals surface area contributed by atoms with Crippen molar-refractivity contribution in [1.29, 1.82) is 0 Å². The summed E-state index contributed by atoms with van der Waals surface area (Å²) in [5.41, 5.74) is 9.39. The summed E-state index contributed by atoms with van der Waals surface area (Å²) in [5, 5.41) is 7.73. The molecule has 0 spiro atoms. The van der Waals surface area contributed by atoms with Gasteiger partial charge in [-0.05, 0) is 94.7 Å². The van der Waals surface area contributed by atoms with Gasteiger partial charge in [-0.25, -0.2) is 0 Å². The number of hydrogen-bond donors (Lipinski definition) is 0. The third-order valence-electron chi connectivity index (χ3n) is 9.74. The summed E-state index contributed by atoms with van der Waals surface area (Å²) in [7, 11) is 0. The van der Waals surface area contributed by atoms with Crippen LogP contribution in [0.1, 0.15) is 0 Å². The SMILES string of the molecule is c1ccc(N(c2ccc(-c3cccc4sc5cc6ccccc6cc5c34)cc2)c2ccc3c4ccccc4n(-c4ccccc4)c3c2)cc1. The lowest BCUT2D eigenvalue weighted by atomic mass is 9.98. The Labute approximate surface area is 288 Å². The van der Waals surface area contributed by atoms with Gasteiger partial charge in [-0.1, -0.05) is 109 Å². The molecule has 0 aliphatic carbocycles. The number of benzene rings is 8. The first-order chi connectivity index (χ1) is 24.3. The predicted octanol–water partition coefficient (Wildman–Crippen LogP) is 13.4. The van der Waals surface area contributed by atoms with Gasteiger partial charge < -0.3 is 9.47 Å². The second-order valence-corrected chi connectivity index (χ2v) is 13.7. The minimum absolute atomic E-state index is 1.12. The summed E-state index contributed by atoms with van der Waals surface area (Å²) in [5.74, 6) is 0. The third-order valence-corrected chi connectivity index (χ3v) is 10.9. The molecule has 0 aliphatic rings. The number of rotatable bonds is 5. The third kappa shape index (κ3) is 4.55. The fourth-order valence-electron chi connectivity index (χ4n) is 7.52. The number of aromatic nitrogens is 1. The average Bonchev–Trinajstić information content (AvgIpc) is 3.70. The van der Waals surface area contributed by atoms with Gasteiger partial charge in [0.05, 0.1) is 11.0 Å². The molecule has 0 unspecified atom stereocenters. The van der Waals surface area contributed by atoms with Gasteiger partial charge in [0.25, 0.3) is 0 Å². The van der Waals surface area contributed by atoms with Crippen molar-refractivity contribution in [3.05, 3.63) is 182 Å². The average molecular weight is 643 g/mol. The summed E-state index contributed by atoms with van der Waals surface area (Å²) in [4.78, 5) is 2.36. The standard InChI is InChI=1S/C46H30N2S/c1-3-14-34(15-4-1)47(37-26-27-40-39-18-9-10-20-42(39)48(43(40)30-37)35-16-5-2-6-17-35)36-24-22-31(23-25-36)38-19-11-21-44-46(38)41-28-32-12-7-8-13-33(32)29-45(41)49-44/h1-30H. The van der Waals surface area contributed by atoms with Crippen molar-refractivity contribution in [1.82, 2.24) is 4.57 Å². The summed E-state index contributed by atoms with van der Waals surface area (Å²) in [6, 6.07) is 66.1. The lowest BCUT2D eigenvalue weighted by molar-refractivity contribution is 1.18. The van der Waals surface area contributed by atoms with Gasteiger partial charge in [0, 0.05) is 53.7 Å². The molecule has 0 saturated heterocycles. The van der Waals surface area contributed by atoms with Crippen molar-refractivity contribution in [3.8, 4) is 16.8 Å². The first-order valence-corrected chi connectivity index (χ1v) is 17.5. The van der Waals surface area contributed by atoms with Crippen LogP contribution in [0.2, 0.25) is 0 Å². The molecule has 0 N–H and O–H groups in total. The van der Waals surface area contributed by atoms with E-state index in [2.05, 4.69) is 191 Å². The van der Waals surface area contributed by atoms with Crippen LogP contribution in [0, 0.1) is 0 Å². The molecule has 10 rings (SSSR count). The molecule has 0 bridgehead atoms. The number of anilines is 3. The van der Waals surface area contributed by atoms with Crippen LogP contribution in [-0.4, -0.2) is 4.57 Å². The number of fused-ring (bicyclic) bond motifs is 7. The predicted molar refractivity (Wildman–Crippen MR) is 211 cm³/mol. The molecule has 8 aromatic carbocycles. The van der Waals surface area contributed by atoms with Gasteiger partial charge in [0.2, 0.25) is 0 Å². The topological polar surface area (TPSA) is 8.17 Å².